The number of thiazole rings is 1. The van der Waals surface area contributed by atoms with Crippen LogP contribution < -0.4 is 10.1 Å². The fraction of sp³-hybridized carbons (Fsp3) is 0.333. The molecule has 0 fully saturated rings. The molecule has 20 heavy (non-hydrogen) atoms. The summed E-state index contributed by atoms with van der Waals surface area (Å²) in [7, 11) is 0. The van der Waals surface area contributed by atoms with E-state index in [1.807, 2.05) is 45.0 Å². The zero-order chi connectivity index (χ0) is 14.7. The van der Waals surface area contributed by atoms with E-state index in [1.54, 1.807) is 0 Å². The molecular formula is C15H18N2O2S. The maximum Gasteiger partial charge on any atom is 0.223 e. The van der Waals surface area contributed by atoms with Gasteiger partial charge in [0.2, 0.25) is 5.91 Å². The van der Waals surface area contributed by atoms with Gasteiger partial charge in [0.25, 0.3) is 0 Å². The number of benzene rings is 1. The number of carbonyl (C=O) groups is 1. The number of ether oxygens (including phenoxy) is 1. The quantitative estimate of drug-likeness (QED) is 0.930. The maximum atomic E-state index is 11.1. The normalized spacial score (nSPS) is 10.7. The van der Waals surface area contributed by atoms with E-state index < -0.39 is 0 Å². The Labute approximate surface area is 122 Å². The van der Waals surface area contributed by atoms with E-state index in [1.165, 1.54) is 18.3 Å². The van der Waals surface area contributed by atoms with Gasteiger partial charge in [-0.25, -0.2) is 4.98 Å². The molecule has 0 aliphatic heterocycles. The third-order valence-corrected chi connectivity index (χ3v) is 3.68. The van der Waals surface area contributed by atoms with Gasteiger partial charge in [0, 0.05) is 12.5 Å². The average Bonchev–Trinajstić information content (AvgIpc) is 2.69. The average molecular weight is 290 g/mol. The summed E-state index contributed by atoms with van der Waals surface area (Å²) >= 11 is 1.46. The molecule has 5 heteroatoms. The van der Waals surface area contributed by atoms with Crippen molar-refractivity contribution in [3.63, 3.8) is 0 Å². The minimum Gasteiger partial charge on any atom is -0.490 e. The largest absolute Gasteiger partial charge is 0.490 e. The lowest BCUT2D eigenvalue weighted by atomic mass is 10.1. The zero-order valence-electron chi connectivity index (χ0n) is 12.1. The Morgan fingerprint density at radius 3 is 2.70 bits per heavy atom. The number of hydrogen-bond acceptors (Lipinski definition) is 4. The van der Waals surface area contributed by atoms with Gasteiger partial charge in [-0.2, -0.15) is 0 Å². The van der Waals surface area contributed by atoms with Crippen LogP contribution in [0.5, 0.6) is 5.75 Å². The van der Waals surface area contributed by atoms with E-state index in [2.05, 4.69) is 10.3 Å². The molecule has 0 atom stereocenters. The number of nitrogens with one attached hydrogen (secondary N) is 1. The van der Waals surface area contributed by atoms with Crippen LogP contribution in [0.25, 0.3) is 10.4 Å². The monoisotopic (exact) mass is 290 g/mol. The number of anilines is 1. The Kier molecular flexibility index (Phi) is 4.39. The molecule has 1 N–H and O–H groups in total. The zero-order valence-corrected chi connectivity index (χ0v) is 12.9. The summed E-state index contributed by atoms with van der Waals surface area (Å²) in [6.45, 7) is 7.41. The third kappa shape index (κ3) is 3.36. The van der Waals surface area contributed by atoms with Crippen molar-refractivity contribution in [3.05, 3.63) is 30.0 Å². The van der Waals surface area contributed by atoms with Crippen LogP contribution in [0.2, 0.25) is 0 Å². The summed E-state index contributed by atoms with van der Waals surface area (Å²) in [5, 5.41) is 3.34. The van der Waals surface area contributed by atoms with Crippen LogP contribution in [0, 0.1) is 6.92 Å². The van der Waals surface area contributed by atoms with Crippen LogP contribution in [-0.4, -0.2) is 17.0 Å². The van der Waals surface area contributed by atoms with E-state index >= 15 is 0 Å². The standard InChI is InChI=1S/C15H18N2O2S/c1-9(2)19-13-8-6-5-7-12(13)14-10(3)16-15(20-14)17-11(4)18/h5-9H,1-4H3,(H,16,17,18). The van der Waals surface area contributed by atoms with Gasteiger partial charge in [-0.3, -0.25) is 4.79 Å². The summed E-state index contributed by atoms with van der Waals surface area (Å²) in [6.07, 6.45) is 0.110. The number of amides is 1. The first-order chi connectivity index (χ1) is 9.47. The molecule has 1 aromatic carbocycles. The van der Waals surface area contributed by atoms with Gasteiger partial charge in [0.1, 0.15) is 5.75 Å². The number of aromatic nitrogens is 1. The van der Waals surface area contributed by atoms with Crippen molar-refractivity contribution in [1.82, 2.24) is 4.98 Å². The molecule has 1 amide bonds. The van der Waals surface area contributed by atoms with Crippen molar-refractivity contribution in [3.8, 4) is 16.2 Å². The second-order valence-electron chi connectivity index (χ2n) is 4.78. The van der Waals surface area contributed by atoms with E-state index in [0.29, 0.717) is 5.13 Å². The van der Waals surface area contributed by atoms with Gasteiger partial charge in [-0.15, -0.1) is 0 Å². The van der Waals surface area contributed by atoms with Crippen LogP contribution >= 0.6 is 11.3 Å². The van der Waals surface area contributed by atoms with Crippen molar-refractivity contribution >= 4 is 22.4 Å². The molecule has 2 rings (SSSR count). The summed E-state index contributed by atoms with van der Waals surface area (Å²) in [4.78, 5) is 16.5. The summed E-state index contributed by atoms with van der Waals surface area (Å²) in [6, 6.07) is 7.88. The highest BCUT2D eigenvalue weighted by molar-refractivity contribution is 7.19. The van der Waals surface area contributed by atoms with Crippen molar-refractivity contribution in [2.45, 2.75) is 33.8 Å². The van der Waals surface area contributed by atoms with Crippen LogP contribution in [0.15, 0.2) is 24.3 Å². The second kappa shape index (κ2) is 6.05. The fourth-order valence-corrected chi connectivity index (χ4v) is 2.90. The molecule has 0 spiro atoms. The topological polar surface area (TPSA) is 51.2 Å². The Hall–Kier alpha value is -1.88. The molecule has 4 nitrogen and oxygen atoms in total. The minimum absolute atomic E-state index is 0.110. The van der Waals surface area contributed by atoms with Gasteiger partial charge in [-0.05, 0) is 32.9 Å². The number of aryl methyl sites for hydroxylation is 1. The Morgan fingerprint density at radius 2 is 2.05 bits per heavy atom. The minimum atomic E-state index is -0.114. The van der Waals surface area contributed by atoms with Crippen LogP contribution in [-0.2, 0) is 4.79 Å². The molecule has 0 radical (unpaired) electrons. The van der Waals surface area contributed by atoms with Gasteiger partial charge in [-0.1, -0.05) is 23.5 Å². The first-order valence-corrected chi connectivity index (χ1v) is 7.30. The highest BCUT2D eigenvalue weighted by atomic mass is 32.1. The molecule has 0 bridgehead atoms. The molecule has 106 valence electrons. The molecule has 0 unspecified atom stereocenters. The van der Waals surface area contributed by atoms with Gasteiger partial charge >= 0.3 is 0 Å². The van der Waals surface area contributed by atoms with E-state index in [-0.39, 0.29) is 12.0 Å². The molecule has 1 aromatic heterocycles. The summed E-state index contributed by atoms with van der Waals surface area (Å²) in [5.74, 6) is 0.723. The van der Waals surface area contributed by atoms with Gasteiger partial charge < -0.3 is 10.1 Å². The Morgan fingerprint density at radius 1 is 1.35 bits per heavy atom. The molecule has 0 saturated heterocycles. The Balaban J connectivity index is 2.41. The summed E-state index contributed by atoms with van der Waals surface area (Å²) in [5.41, 5.74) is 1.89. The number of hydrogen-bond donors (Lipinski definition) is 1. The van der Waals surface area contributed by atoms with Crippen molar-refractivity contribution < 1.29 is 9.53 Å². The van der Waals surface area contributed by atoms with Crippen LogP contribution in [0.3, 0.4) is 0 Å². The van der Waals surface area contributed by atoms with Crippen molar-refractivity contribution in [2.24, 2.45) is 0 Å². The van der Waals surface area contributed by atoms with Crippen molar-refractivity contribution in [2.75, 3.05) is 5.32 Å². The summed E-state index contributed by atoms with van der Waals surface area (Å²) < 4.78 is 5.84. The predicted molar refractivity (Wildman–Crippen MR) is 82.4 cm³/mol. The lowest BCUT2D eigenvalue weighted by molar-refractivity contribution is -0.114. The molecule has 0 saturated carbocycles. The highest BCUT2D eigenvalue weighted by Crippen LogP contribution is 2.38. The lowest BCUT2D eigenvalue weighted by Crippen LogP contribution is -2.06. The molecule has 1 heterocycles. The van der Waals surface area contributed by atoms with Crippen molar-refractivity contribution in [1.29, 1.82) is 0 Å². The SMILES string of the molecule is CC(=O)Nc1nc(C)c(-c2ccccc2OC(C)C)s1. The third-order valence-electron chi connectivity index (χ3n) is 2.57. The molecular weight excluding hydrogens is 272 g/mol. The first-order valence-electron chi connectivity index (χ1n) is 6.48. The first kappa shape index (κ1) is 14.5. The number of nitrogens with zero attached hydrogens (tertiary/aromatic N) is 1. The number of para-hydroxylation sites is 1. The number of rotatable bonds is 4. The Bertz CT molecular complexity index is 620. The molecule has 2 aromatic rings. The maximum absolute atomic E-state index is 11.1. The highest BCUT2D eigenvalue weighted by Gasteiger charge is 2.15. The number of carbonyl (C=O) groups excluding carboxylic acids is 1. The predicted octanol–water partition coefficient (Wildman–Crippen LogP) is 3.86. The van der Waals surface area contributed by atoms with E-state index in [9.17, 15) is 4.79 Å². The second-order valence-corrected chi connectivity index (χ2v) is 5.78. The smallest absolute Gasteiger partial charge is 0.223 e. The van der Waals surface area contributed by atoms with Crippen LogP contribution in [0.1, 0.15) is 26.5 Å². The van der Waals surface area contributed by atoms with Gasteiger partial charge in [0.05, 0.1) is 16.7 Å². The van der Waals surface area contributed by atoms with Crippen LogP contribution in [0.4, 0.5) is 5.13 Å². The lowest BCUT2D eigenvalue weighted by Gasteiger charge is -2.13. The van der Waals surface area contributed by atoms with E-state index in [0.717, 1.165) is 21.9 Å². The van der Waals surface area contributed by atoms with E-state index in [4.69, 9.17) is 4.74 Å². The fourth-order valence-electron chi connectivity index (χ4n) is 1.86. The van der Waals surface area contributed by atoms with Gasteiger partial charge in [0.15, 0.2) is 5.13 Å². The molecule has 0 aliphatic carbocycles. The molecule has 0 aliphatic rings.